The Kier molecular flexibility index (Phi) is 6.01. The van der Waals surface area contributed by atoms with Crippen molar-refractivity contribution in [2.24, 2.45) is 11.8 Å². The molecule has 2 N–H and O–H groups in total. The molecule has 1 aromatic carbocycles. The highest BCUT2D eigenvalue weighted by atomic mass is 16.6. The Labute approximate surface area is 153 Å². The number of nitro benzene ring substituents is 1. The number of aliphatic hydroxyl groups is 1. The predicted octanol–water partition coefficient (Wildman–Crippen LogP) is 0.369. The molecule has 27 heavy (non-hydrogen) atoms. The fourth-order valence-corrected chi connectivity index (χ4v) is 2.79. The lowest BCUT2D eigenvalue weighted by Crippen LogP contribution is -2.65. The van der Waals surface area contributed by atoms with Gasteiger partial charge in [-0.25, -0.2) is 4.79 Å². The molecule has 10 nitrogen and oxygen atoms in total. The number of esters is 2. The van der Waals surface area contributed by atoms with Gasteiger partial charge in [-0.05, 0) is 19.1 Å². The van der Waals surface area contributed by atoms with E-state index >= 15 is 0 Å². The van der Waals surface area contributed by atoms with Crippen LogP contribution in [0, 0.1) is 22.0 Å². The van der Waals surface area contributed by atoms with Gasteiger partial charge in [0.1, 0.15) is 12.2 Å². The quantitative estimate of drug-likeness (QED) is 0.227. The first-order chi connectivity index (χ1) is 12.6. The van der Waals surface area contributed by atoms with Gasteiger partial charge < -0.3 is 15.2 Å². The van der Waals surface area contributed by atoms with Crippen molar-refractivity contribution < 1.29 is 33.9 Å². The molecular weight excluding hydrogens is 360 g/mol. The molecule has 0 saturated carbocycles. The second-order valence-electron chi connectivity index (χ2n) is 6.30. The zero-order chi connectivity index (χ0) is 20.3. The SMILES string of the molecule is C[C@@H](C(=O)CC(=O)OC(=O)c1ccc([N+](=O)[O-])cc1)C1NC(=O)[C@@H]1[C@@H](C)O. The molecule has 0 aromatic heterocycles. The van der Waals surface area contributed by atoms with Crippen LogP contribution in [-0.4, -0.2) is 45.8 Å². The highest BCUT2D eigenvalue weighted by molar-refractivity contribution is 6.04. The summed E-state index contributed by atoms with van der Waals surface area (Å²) in [6, 6.07) is 3.85. The van der Waals surface area contributed by atoms with E-state index in [1.807, 2.05) is 0 Å². The summed E-state index contributed by atoms with van der Waals surface area (Å²) in [6.45, 7) is 2.94. The largest absolute Gasteiger partial charge is 0.393 e. The summed E-state index contributed by atoms with van der Waals surface area (Å²) in [5.41, 5.74) is -0.299. The van der Waals surface area contributed by atoms with E-state index in [2.05, 4.69) is 10.1 Å². The number of hydrogen-bond donors (Lipinski definition) is 2. The molecule has 4 atom stereocenters. The van der Waals surface area contributed by atoms with Gasteiger partial charge in [-0.1, -0.05) is 6.92 Å². The average molecular weight is 378 g/mol. The molecular formula is C17H18N2O8. The van der Waals surface area contributed by atoms with Crippen molar-refractivity contribution in [2.45, 2.75) is 32.4 Å². The van der Waals surface area contributed by atoms with Gasteiger partial charge in [0.15, 0.2) is 0 Å². The van der Waals surface area contributed by atoms with Crippen LogP contribution in [0.5, 0.6) is 0 Å². The number of rotatable bonds is 7. The van der Waals surface area contributed by atoms with E-state index in [-0.39, 0.29) is 17.2 Å². The molecule has 1 fully saturated rings. The number of Topliss-reactive ketones (excluding diaryl/α,β-unsaturated/α-hetero) is 1. The third-order valence-electron chi connectivity index (χ3n) is 4.40. The van der Waals surface area contributed by atoms with E-state index in [1.165, 1.54) is 13.8 Å². The van der Waals surface area contributed by atoms with Gasteiger partial charge in [-0.2, -0.15) is 0 Å². The lowest BCUT2D eigenvalue weighted by Gasteiger charge is -2.41. The summed E-state index contributed by atoms with van der Waals surface area (Å²) in [7, 11) is 0. The van der Waals surface area contributed by atoms with Crippen LogP contribution in [0.1, 0.15) is 30.6 Å². The molecule has 1 aliphatic rings. The zero-order valence-electron chi connectivity index (χ0n) is 14.6. The number of β-lactam (4-membered cyclic amide) rings is 1. The third-order valence-corrected chi connectivity index (χ3v) is 4.40. The van der Waals surface area contributed by atoms with Gasteiger partial charge in [0.2, 0.25) is 5.91 Å². The zero-order valence-corrected chi connectivity index (χ0v) is 14.6. The van der Waals surface area contributed by atoms with Crippen molar-refractivity contribution in [3.63, 3.8) is 0 Å². The molecule has 2 rings (SSSR count). The third kappa shape index (κ3) is 4.53. The first kappa shape index (κ1) is 20.2. The average Bonchev–Trinajstić information content (AvgIpc) is 2.58. The van der Waals surface area contributed by atoms with Gasteiger partial charge in [0.05, 0.1) is 28.6 Å². The summed E-state index contributed by atoms with van der Waals surface area (Å²) in [4.78, 5) is 57.2. The lowest BCUT2D eigenvalue weighted by atomic mass is 9.77. The van der Waals surface area contributed by atoms with E-state index in [1.54, 1.807) is 0 Å². The summed E-state index contributed by atoms with van der Waals surface area (Å²) in [5.74, 6) is -4.51. The van der Waals surface area contributed by atoms with Crippen LogP contribution in [0.2, 0.25) is 0 Å². The minimum absolute atomic E-state index is 0.0742. The summed E-state index contributed by atoms with van der Waals surface area (Å²) in [5, 5.41) is 22.7. The first-order valence-electron chi connectivity index (χ1n) is 8.12. The number of nitro groups is 1. The fraction of sp³-hybridized carbons (Fsp3) is 0.412. The fourth-order valence-electron chi connectivity index (χ4n) is 2.79. The van der Waals surface area contributed by atoms with E-state index in [9.17, 15) is 34.4 Å². The maximum Gasteiger partial charge on any atom is 0.345 e. The van der Waals surface area contributed by atoms with Crippen LogP contribution >= 0.6 is 0 Å². The number of carbonyl (C=O) groups is 4. The minimum Gasteiger partial charge on any atom is -0.393 e. The van der Waals surface area contributed by atoms with Crippen molar-refractivity contribution in [1.29, 1.82) is 0 Å². The Hall–Kier alpha value is -3.14. The van der Waals surface area contributed by atoms with Gasteiger partial charge in [-0.3, -0.25) is 24.5 Å². The monoisotopic (exact) mass is 378 g/mol. The molecule has 1 aromatic rings. The van der Waals surface area contributed by atoms with E-state index in [0.717, 1.165) is 24.3 Å². The van der Waals surface area contributed by atoms with Crippen LogP contribution in [0.3, 0.4) is 0 Å². The van der Waals surface area contributed by atoms with E-state index in [0.29, 0.717) is 0 Å². The lowest BCUT2D eigenvalue weighted by molar-refractivity contribution is -0.384. The van der Waals surface area contributed by atoms with Crippen LogP contribution in [-0.2, 0) is 19.1 Å². The highest BCUT2D eigenvalue weighted by Crippen LogP contribution is 2.26. The van der Waals surface area contributed by atoms with E-state index in [4.69, 9.17) is 0 Å². The molecule has 1 heterocycles. The predicted molar refractivity (Wildman–Crippen MR) is 89.4 cm³/mol. The van der Waals surface area contributed by atoms with Crippen molar-refractivity contribution in [2.75, 3.05) is 0 Å². The number of ketones is 1. The molecule has 0 bridgehead atoms. The maximum atomic E-state index is 12.2. The van der Waals surface area contributed by atoms with Crippen molar-refractivity contribution in [3.05, 3.63) is 39.9 Å². The van der Waals surface area contributed by atoms with Gasteiger partial charge in [-0.15, -0.1) is 0 Å². The molecule has 144 valence electrons. The number of nitrogens with one attached hydrogen (secondary N) is 1. The number of benzene rings is 1. The Morgan fingerprint density at radius 3 is 2.33 bits per heavy atom. The highest BCUT2D eigenvalue weighted by Gasteiger charge is 2.47. The van der Waals surface area contributed by atoms with Crippen LogP contribution in [0.15, 0.2) is 24.3 Å². The molecule has 10 heteroatoms. The Morgan fingerprint density at radius 2 is 1.85 bits per heavy atom. The smallest absolute Gasteiger partial charge is 0.345 e. The minimum atomic E-state index is -1.07. The number of carbonyl (C=O) groups excluding carboxylic acids is 4. The number of ether oxygens (including phenoxy) is 1. The number of aliphatic hydroxyl groups excluding tert-OH is 1. The topological polar surface area (TPSA) is 153 Å². The van der Waals surface area contributed by atoms with Crippen LogP contribution in [0.4, 0.5) is 5.69 Å². The molecule has 1 saturated heterocycles. The molecule has 1 amide bonds. The van der Waals surface area contributed by atoms with Gasteiger partial charge in [0.25, 0.3) is 5.69 Å². The molecule has 0 spiro atoms. The first-order valence-corrected chi connectivity index (χ1v) is 8.12. The number of hydrogen-bond acceptors (Lipinski definition) is 8. The van der Waals surface area contributed by atoms with Crippen LogP contribution in [0.25, 0.3) is 0 Å². The Balaban J connectivity index is 1.90. The summed E-state index contributed by atoms with van der Waals surface area (Å²) in [6.07, 6.45) is -1.62. The van der Waals surface area contributed by atoms with Crippen molar-refractivity contribution in [3.8, 4) is 0 Å². The standard InChI is InChI=1S/C17H18N2O8/c1-8(15-14(9(2)20)16(23)18-15)12(21)7-13(22)27-17(24)10-3-5-11(6-4-10)19(25)26/h3-6,8-9,14-15,20H,7H2,1-2H3,(H,18,23)/t8-,9+,14+,15?/m0/s1. The Bertz CT molecular complexity index is 787. The molecule has 0 aliphatic carbocycles. The Morgan fingerprint density at radius 1 is 1.26 bits per heavy atom. The summed E-state index contributed by atoms with van der Waals surface area (Å²) >= 11 is 0. The number of non-ortho nitro benzene ring substituents is 1. The van der Waals surface area contributed by atoms with Crippen molar-refractivity contribution >= 4 is 29.3 Å². The van der Waals surface area contributed by atoms with Crippen molar-refractivity contribution in [1.82, 2.24) is 5.32 Å². The van der Waals surface area contributed by atoms with Gasteiger partial charge >= 0.3 is 11.9 Å². The second kappa shape index (κ2) is 8.04. The molecule has 1 aliphatic heterocycles. The van der Waals surface area contributed by atoms with E-state index < -0.39 is 53.0 Å². The second-order valence-corrected chi connectivity index (χ2v) is 6.30. The molecule has 1 unspecified atom stereocenters. The maximum absolute atomic E-state index is 12.2. The molecule has 0 radical (unpaired) electrons. The number of nitrogens with zero attached hydrogens (tertiary/aromatic N) is 1. The normalized spacial score (nSPS) is 20.6. The number of amides is 1. The van der Waals surface area contributed by atoms with Crippen LogP contribution < -0.4 is 5.32 Å². The van der Waals surface area contributed by atoms with Gasteiger partial charge in [0, 0.05) is 18.1 Å². The summed E-state index contributed by atoms with van der Waals surface area (Å²) < 4.78 is 4.58.